The average molecular weight is 662 g/mol. The van der Waals surface area contributed by atoms with Gasteiger partial charge in [0.05, 0.1) is 6.54 Å². The summed E-state index contributed by atoms with van der Waals surface area (Å²) >= 11 is 5.80. The second-order valence-corrected chi connectivity index (χ2v) is 14.2. The predicted octanol–water partition coefficient (Wildman–Crippen LogP) is 8.48. The third-order valence-electron chi connectivity index (χ3n) is 6.62. The third-order valence-corrected chi connectivity index (χ3v) is 9.29. The number of unbranched alkanes of at least 4 members (excludes halogenated alkanes) is 1. The van der Waals surface area contributed by atoms with E-state index in [9.17, 15) is 14.4 Å². The Balaban J connectivity index is 0. The molecule has 1 aliphatic rings. The lowest BCUT2D eigenvalue weighted by Gasteiger charge is -2.22. The van der Waals surface area contributed by atoms with E-state index in [-0.39, 0.29) is 12.3 Å². The molecule has 0 spiro atoms. The Morgan fingerprint density at radius 3 is 2.44 bits per heavy atom. The number of Topliss-reactive ketones (excluding diaryl/α,β-unsaturated/α-hetero) is 1. The molecule has 1 aliphatic carbocycles. The monoisotopic (exact) mass is 661 g/mol. The van der Waals surface area contributed by atoms with Gasteiger partial charge in [-0.25, -0.2) is 0 Å². The Kier molecular flexibility index (Phi) is 28.4. The molecular weight excluding hydrogens is 602 g/mol. The first-order valence-electron chi connectivity index (χ1n) is 15.9. The van der Waals surface area contributed by atoms with Gasteiger partial charge in [0.1, 0.15) is 5.78 Å². The normalized spacial score (nSPS) is 14.7. The van der Waals surface area contributed by atoms with Crippen molar-refractivity contribution in [2.45, 2.75) is 86.2 Å². The molecule has 2 rings (SSSR count). The fourth-order valence-electron chi connectivity index (χ4n) is 4.08. The highest BCUT2D eigenvalue weighted by molar-refractivity contribution is 8.45. The molecule has 0 fully saturated rings. The van der Waals surface area contributed by atoms with Crippen molar-refractivity contribution in [1.29, 1.82) is 0 Å². The zero-order valence-electron chi connectivity index (χ0n) is 29.1. The lowest BCUT2D eigenvalue weighted by Crippen LogP contribution is -2.29. The van der Waals surface area contributed by atoms with Crippen LogP contribution in [0.25, 0.3) is 0 Å². The van der Waals surface area contributed by atoms with Crippen LogP contribution in [0.1, 0.15) is 77.8 Å². The lowest BCUT2D eigenvalue weighted by molar-refractivity contribution is -0.125. The summed E-state index contributed by atoms with van der Waals surface area (Å²) in [7, 11) is 0.720. The minimum atomic E-state index is -1.25. The van der Waals surface area contributed by atoms with Gasteiger partial charge in [0.15, 0.2) is 5.62 Å². The van der Waals surface area contributed by atoms with Crippen molar-refractivity contribution in [3.05, 3.63) is 93.9 Å². The summed E-state index contributed by atoms with van der Waals surface area (Å²) in [6.45, 7) is 13.1. The standard InChI is InChI=1S/C15H20OS.C12H24N2O2.C8H10ClN.C2H6/c1-3-12-17(2,14-16)13-8-11-15-9-6-4-5-7-10-15;1-4-12(13-3)7-5-6-8-14(10-15)9-11(2)16;1-6-4-7(5-10)2-3-8(6)9;1-2/h3-4,6-12,14H,5,13H2,1-2H3;10,12-13H,4-9H2,1-3H3;2-4H,5,10H2,1H3;1-2H3/b11-8+,12-3-;;;. The maximum Gasteiger partial charge on any atom is 0.210 e. The van der Waals surface area contributed by atoms with Crippen LogP contribution in [0.4, 0.5) is 0 Å². The van der Waals surface area contributed by atoms with Crippen LogP contribution in [-0.2, 0) is 20.9 Å². The Hall–Kier alpha value is -2.71. The minimum Gasteiger partial charge on any atom is -0.338 e. The van der Waals surface area contributed by atoms with Crippen molar-refractivity contribution in [2.24, 2.45) is 5.73 Å². The van der Waals surface area contributed by atoms with E-state index >= 15 is 0 Å². The van der Waals surface area contributed by atoms with E-state index in [1.54, 1.807) is 4.90 Å². The minimum absolute atomic E-state index is 0.0359. The van der Waals surface area contributed by atoms with E-state index in [1.807, 2.05) is 70.7 Å². The quantitative estimate of drug-likeness (QED) is 0.137. The van der Waals surface area contributed by atoms with Crippen LogP contribution in [0.15, 0.2) is 77.8 Å². The zero-order chi connectivity index (χ0) is 34.5. The topological polar surface area (TPSA) is 92.5 Å². The predicted molar refractivity (Wildman–Crippen MR) is 201 cm³/mol. The summed E-state index contributed by atoms with van der Waals surface area (Å²) in [6.07, 6.45) is 24.7. The molecule has 1 aromatic carbocycles. The number of ketones is 1. The van der Waals surface area contributed by atoms with Crippen molar-refractivity contribution < 1.29 is 14.4 Å². The van der Waals surface area contributed by atoms with Gasteiger partial charge in [-0.3, -0.25) is 14.4 Å². The molecule has 254 valence electrons. The van der Waals surface area contributed by atoms with E-state index in [2.05, 4.69) is 54.8 Å². The van der Waals surface area contributed by atoms with Gasteiger partial charge < -0.3 is 16.0 Å². The average Bonchev–Trinajstić information content (AvgIpc) is 3.32. The summed E-state index contributed by atoms with van der Waals surface area (Å²) < 4.78 is 0. The molecule has 6 nitrogen and oxygen atoms in total. The number of hydrogen-bond donors (Lipinski definition) is 2. The SMILES string of the molecule is C/C=C\S(C)(C=O)C/C=C/C1=CC=CCC=C1.CC.CCC(CCCCN(C=O)CC(C)=O)NC.Cc1cc(CN)ccc1Cl. The molecule has 2 unspecified atom stereocenters. The van der Waals surface area contributed by atoms with Gasteiger partial charge in [-0.15, -0.1) is 0 Å². The number of nitrogens with zero attached hydrogens (tertiary/aromatic N) is 1. The fraction of sp³-hybridized carbons (Fsp3) is 0.486. The van der Waals surface area contributed by atoms with Crippen molar-refractivity contribution in [3.63, 3.8) is 0 Å². The van der Waals surface area contributed by atoms with Crippen LogP contribution in [0, 0.1) is 6.92 Å². The second-order valence-electron chi connectivity index (χ2n) is 10.6. The second kappa shape index (κ2) is 28.7. The first-order chi connectivity index (χ1) is 21.6. The number of amides is 1. The Labute approximate surface area is 281 Å². The van der Waals surface area contributed by atoms with Gasteiger partial charge in [-0.2, -0.15) is 10.0 Å². The zero-order valence-corrected chi connectivity index (χ0v) is 30.6. The molecule has 0 saturated heterocycles. The van der Waals surface area contributed by atoms with E-state index in [0.717, 1.165) is 66.0 Å². The molecule has 8 heteroatoms. The van der Waals surface area contributed by atoms with E-state index in [1.165, 1.54) is 12.5 Å². The Morgan fingerprint density at radius 2 is 1.91 bits per heavy atom. The number of benzene rings is 1. The van der Waals surface area contributed by atoms with Gasteiger partial charge >= 0.3 is 0 Å². The first kappa shape index (κ1) is 44.4. The summed E-state index contributed by atoms with van der Waals surface area (Å²) in [5.41, 5.74) is 9.92. The van der Waals surface area contributed by atoms with Gasteiger partial charge in [-0.1, -0.05) is 99.5 Å². The molecule has 0 radical (unpaired) electrons. The molecule has 1 amide bonds. The maximum atomic E-state index is 11.1. The molecule has 0 bridgehead atoms. The number of nitrogens with one attached hydrogen (secondary N) is 1. The van der Waals surface area contributed by atoms with Gasteiger partial charge in [0, 0.05) is 29.9 Å². The molecule has 45 heavy (non-hydrogen) atoms. The summed E-state index contributed by atoms with van der Waals surface area (Å²) in [4.78, 5) is 34.1. The van der Waals surface area contributed by atoms with Crippen molar-refractivity contribution in [2.75, 3.05) is 32.1 Å². The van der Waals surface area contributed by atoms with Gasteiger partial charge in [0.25, 0.3) is 0 Å². The van der Waals surface area contributed by atoms with Gasteiger partial charge in [-0.05, 0) is 87.9 Å². The van der Waals surface area contributed by atoms with E-state index in [4.69, 9.17) is 17.3 Å². The summed E-state index contributed by atoms with van der Waals surface area (Å²) in [6, 6.07) is 6.38. The third kappa shape index (κ3) is 23.3. The largest absolute Gasteiger partial charge is 0.338 e. The Bertz CT molecular complexity index is 1110. The number of carbonyl (C=O) groups excluding carboxylic acids is 3. The van der Waals surface area contributed by atoms with Crippen molar-refractivity contribution in [1.82, 2.24) is 10.2 Å². The van der Waals surface area contributed by atoms with Crippen molar-refractivity contribution >= 4 is 39.4 Å². The number of allylic oxidation sites excluding steroid dienone is 8. The molecule has 2 atom stereocenters. The van der Waals surface area contributed by atoms with Crippen LogP contribution < -0.4 is 11.1 Å². The molecule has 0 saturated carbocycles. The summed E-state index contributed by atoms with van der Waals surface area (Å²) in [5, 5.41) is 6.08. The van der Waals surface area contributed by atoms with Crippen LogP contribution in [0.5, 0.6) is 0 Å². The molecule has 0 heterocycles. The number of aryl methyl sites for hydroxylation is 1. The van der Waals surface area contributed by atoms with E-state index in [0.29, 0.717) is 19.1 Å². The van der Waals surface area contributed by atoms with E-state index < -0.39 is 10.0 Å². The summed E-state index contributed by atoms with van der Waals surface area (Å²) in [5.74, 6) is 0.851. The van der Waals surface area contributed by atoms with Crippen LogP contribution in [0.2, 0.25) is 5.02 Å². The number of hydrogen-bond acceptors (Lipinski definition) is 5. The number of carbonyl (C=O) groups is 3. The van der Waals surface area contributed by atoms with Crippen LogP contribution >= 0.6 is 21.6 Å². The number of nitrogens with two attached hydrogens (primary N) is 1. The lowest BCUT2D eigenvalue weighted by atomic mass is 10.1. The van der Waals surface area contributed by atoms with Gasteiger partial charge in [0.2, 0.25) is 6.41 Å². The highest BCUT2D eigenvalue weighted by Crippen LogP contribution is 2.42. The highest BCUT2D eigenvalue weighted by Gasteiger charge is 2.10. The first-order valence-corrected chi connectivity index (χ1v) is 18.6. The molecule has 0 aromatic heterocycles. The van der Waals surface area contributed by atoms with Crippen LogP contribution in [0.3, 0.4) is 0 Å². The van der Waals surface area contributed by atoms with Crippen LogP contribution in [-0.4, -0.2) is 60.9 Å². The highest BCUT2D eigenvalue weighted by atomic mass is 35.5. The van der Waals surface area contributed by atoms with Crippen molar-refractivity contribution in [3.8, 4) is 0 Å². The fourth-order valence-corrected chi connectivity index (χ4v) is 5.59. The maximum absolute atomic E-state index is 11.1. The smallest absolute Gasteiger partial charge is 0.210 e. The number of rotatable bonds is 16. The Morgan fingerprint density at radius 1 is 1.20 bits per heavy atom. The molecule has 1 aromatic rings. The molecule has 3 N–H and O–H groups in total. The number of halogens is 1. The molecule has 0 aliphatic heterocycles. The molecular formula is C37H60ClN3O3S.